The molecule has 1 aliphatic heterocycles. The third-order valence-electron chi connectivity index (χ3n) is 4.72. The van der Waals surface area contributed by atoms with E-state index in [9.17, 15) is 4.79 Å². The Hall–Kier alpha value is -1.06. The molecule has 0 aromatic heterocycles. The van der Waals surface area contributed by atoms with Crippen LogP contribution in [0.4, 0.5) is 0 Å². The molecule has 0 saturated heterocycles. The minimum atomic E-state index is 0.213. The number of rotatable bonds is 2. The van der Waals surface area contributed by atoms with Crippen molar-refractivity contribution in [3.8, 4) is 0 Å². The van der Waals surface area contributed by atoms with Crippen molar-refractivity contribution in [1.82, 2.24) is 4.90 Å². The van der Waals surface area contributed by atoms with E-state index < -0.39 is 0 Å². The lowest BCUT2D eigenvalue weighted by Crippen LogP contribution is -2.38. The monoisotopic (exact) mass is 292 g/mol. The van der Waals surface area contributed by atoms with Crippen molar-refractivity contribution in [1.29, 1.82) is 0 Å². The van der Waals surface area contributed by atoms with Crippen LogP contribution in [0.2, 0.25) is 5.02 Å². The topological polar surface area (TPSA) is 46.3 Å². The van der Waals surface area contributed by atoms with Gasteiger partial charge in [0.05, 0.1) is 0 Å². The smallest absolute Gasteiger partial charge is 0.223 e. The second kappa shape index (κ2) is 5.74. The predicted octanol–water partition coefficient (Wildman–Crippen LogP) is 2.74. The van der Waals surface area contributed by atoms with E-state index in [-0.39, 0.29) is 11.9 Å². The van der Waals surface area contributed by atoms with Crippen LogP contribution in [-0.2, 0) is 17.8 Å². The lowest BCUT2D eigenvalue weighted by atomic mass is 9.96. The van der Waals surface area contributed by atoms with Crippen molar-refractivity contribution in [2.45, 2.75) is 44.7 Å². The zero-order chi connectivity index (χ0) is 14.1. The summed E-state index contributed by atoms with van der Waals surface area (Å²) < 4.78 is 0. The highest BCUT2D eigenvalue weighted by Gasteiger charge is 2.29. The Morgan fingerprint density at radius 2 is 2.25 bits per heavy atom. The first kappa shape index (κ1) is 13.9. The van der Waals surface area contributed by atoms with E-state index in [1.54, 1.807) is 0 Å². The Balaban J connectivity index is 1.66. The largest absolute Gasteiger partial charge is 0.338 e. The molecule has 2 aliphatic rings. The third-order valence-corrected chi connectivity index (χ3v) is 5.07. The quantitative estimate of drug-likeness (QED) is 0.911. The normalized spacial score (nSPS) is 25.6. The van der Waals surface area contributed by atoms with Crippen molar-refractivity contribution in [3.05, 3.63) is 34.3 Å². The zero-order valence-electron chi connectivity index (χ0n) is 11.6. The number of carbonyl (C=O) groups is 1. The fourth-order valence-corrected chi connectivity index (χ4v) is 3.74. The van der Waals surface area contributed by atoms with Crippen LogP contribution in [0.25, 0.3) is 0 Å². The summed E-state index contributed by atoms with van der Waals surface area (Å²) in [4.78, 5) is 14.4. The van der Waals surface area contributed by atoms with Gasteiger partial charge in [0.15, 0.2) is 0 Å². The average molecular weight is 293 g/mol. The number of hydrogen-bond donors (Lipinski definition) is 1. The van der Waals surface area contributed by atoms with Crippen LogP contribution < -0.4 is 5.73 Å². The van der Waals surface area contributed by atoms with Crippen LogP contribution in [0.5, 0.6) is 0 Å². The molecule has 2 N–H and O–H groups in total. The predicted molar refractivity (Wildman–Crippen MR) is 80.5 cm³/mol. The number of fused-ring (bicyclic) bond motifs is 1. The summed E-state index contributed by atoms with van der Waals surface area (Å²) in [5, 5.41) is 0.826. The number of amides is 1. The minimum absolute atomic E-state index is 0.213. The summed E-state index contributed by atoms with van der Waals surface area (Å²) in [6.45, 7) is 1.47. The summed E-state index contributed by atoms with van der Waals surface area (Å²) in [6.07, 6.45) is 4.80. The first-order valence-corrected chi connectivity index (χ1v) is 7.82. The van der Waals surface area contributed by atoms with Crippen LogP contribution in [-0.4, -0.2) is 23.4 Å². The maximum atomic E-state index is 12.4. The standard InChI is InChI=1S/C16H21ClN2O/c17-14-5-1-4-12-10-19(8-7-13(12)14)16(20)9-11-3-2-6-15(11)18/h1,4-5,11,15H,2-3,6-10,18H2/t11-,15+/m0/s1. The Labute approximate surface area is 125 Å². The number of nitrogens with two attached hydrogens (primary N) is 1. The fourth-order valence-electron chi connectivity index (χ4n) is 3.45. The van der Waals surface area contributed by atoms with Crippen molar-refractivity contribution >= 4 is 17.5 Å². The van der Waals surface area contributed by atoms with E-state index in [1.165, 1.54) is 11.1 Å². The van der Waals surface area contributed by atoms with Crippen molar-refractivity contribution < 1.29 is 4.79 Å². The molecular weight excluding hydrogens is 272 g/mol. The Morgan fingerprint density at radius 3 is 3.00 bits per heavy atom. The second-order valence-corrected chi connectivity index (χ2v) is 6.41. The highest BCUT2D eigenvalue weighted by atomic mass is 35.5. The molecule has 1 saturated carbocycles. The van der Waals surface area contributed by atoms with Gasteiger partial charge >= 0.3 is 0 Å². The Morgan fingerprint density at radius 1 is 1.40 bits per heavy atom. The highest BCUT2D eigenvalue weighted by molar-refractivity contribution is 6.31. The lowest BCUT2D eigenvalue weighted by molar-refractivity contribution is -0.133. The van der Waals surface area contributed by atoms with E-state index in [0.717, 1.165) is 37.3 Å². The van der Waals surface area contributed by atoms with Crippen molar-refractivity contribution in [2.24, 2.45) is 11.7 Å². The highest BCUT2D eigenvalue weighted by Crippen LogP contribution is 2.30. The third kappa shape index (κ3) is 2.70. The number of halogens is 1. The molecule has 4 heteroatoms. The number of hydrogen-bond acceptors (Lipinski definition) is 2. The van der Waals surface area contributed by atoms with Crippen molar-refractivity contribution in [2.75, 3.05) is 6.54 Å². The minimum Gasteiger partial charge on any atom is -0.338 e. The maximum Gasteiger partial charge on any atom is 0.223 e. The summed E-state index contributed by atoms with van der Waals surface area (Å²) in [5.41, 5.74) is 8.46. The molecule has 3 nitrogen and oxygen atoms in total. The number of nitrogens with zero attached hydrogens (tertiary/aromatic N) is 1. The average Bonchev–Trinajstić information content (AvgIpc) is 2.84. The van der Waals surface area contributed by atoms with E-state index in [2.05, 4.69) is 6.07 Å². The molecule has 1 aliphatic carbocycles. The zero-order valence-corrected chi connectivity index (χ0v) is 12.4. The SMILES string of the molecule is N[C@@H]1CCC[C@H]1CC(=O)N1CCc2c(Cl)cccc2C1. The van der Waals surface area contributed by atoms with Crippen LogP contribution in [0.1, 0.15) is 36.8 Å². The van der Waals surface area contributed by atoms with Gasteiger partial charge in [0, 0.05) is 30.6 Å². The molecule has 3 rings (SSSR count). The maximum absolute atomic E-state index is 12.4. The molecule has 0 unspecified atom stereocenters. The molecule has 1 heterocycles. The van der Waals surface area contributed by atoms with Gasteiger partial charge in [-0.05, 0) is 42.4 Å². The molecule has 108 valence electrons. The molecule has 1 aromatic carbocycles. The summed E-state index contributed by atoms with van der Waals surface area (Å²) in [6, 6.07) is 6.17. The van der Waals surface area contributed by atoms with Gasteiger partial charge < -0.3 is 10.6 Å². The van der Waals surface area contributed by atoms with Gasteiger partial charge in [-0.3, -0.25) is 4.79 Å². The summed E-state index contributed by atoms with van der Waals surface area (Å²) in [7, 11) is 0. The van der Waals surface area contributed by atoms with E-state index in [4.69, 9.17) is 17.3 Å². The van der Waals surface area contributed by atoms with Gasteiger partial charge in [0.2, 0.25) is 5.91 Å². The van der Waals surface area contributed by atoms with E-state index in [1.807, 2.05) is 17.0 Å². The fraction of sp³-hybridized carbons (Fsp3) is 0.562. The first-order chi connectivity index (χ1) is 9.65. The molecule has 1 fully saturated rings. The molecule has 0 spiro atoms. The molecule has 2 atom stereocenters. The number of carbonyl (C=O) groups excluding carboxylic acids is 1. The van der Waals surface area contributed by atoms with Gasteiger partial charge in [-0.2, -0.15) is 0 Å². The van der Waals surface area contributed by atoms with E-state index >= 15 is 0 Å². The summed E-state index contributed by atoms with van der Waals surface area (Å²) in [5.74, 6) is 0.626. The Kier molecular flexibility index (Phi) is 3.99. The first-order valence-electron chi connectivity index (χ1n) is 7.45. The molecule has 1 aromatic rings. The number of benzene rings is 1. The lowest BCUT2D eigenvalue weighted by Gasteiger charge is -2.30. The van der Waals surface area contributed by atoms with Crippen LogP contribution in [0.15, 0.2) is 18.2 Å². The van der Waals surface area contributed by atoms with Gasteiger partial charge in [-0.15, -0.1) is 0 Å². The van der Waals surface area contributed by atoms with Gasteiger partial charge in [0.25, 0.3) is 0 Å². The summed E-state index contributed by atoms with van der Waals surface area (Å²) >= 11 is 6.21. The van der Waals surface area contributed by atoms with Crippen molar-refractivity contribution in [3.63, 3.8) is 0 Å². The molecule has 20 heavy (non-hydrogen) atoms. The van der Waals surface area contributed by atoms with E-state index in [0.29, 0.717) is 18.9 Å². The van der Waals surface area contributed by atoms with Crippen LogP contribution in [0.3, 0.4) is 0 Å². The second-order valence-electron chi connectivity index (χ2n) is 6.00. The Bertz CT molecular complexity index is 517. The van der Waals surface area contributed by atoms with Gasteiger partial charge in [0.1, 0.15) is 0 Å². The molecule has 0 bridgehead atoms. The molecule has 0 radical (unpaired) electrons. The van der Waals surface area contributed by atoms with Crippen LogP contribution in [0, 0.1) is 5.92 Å². The van der Waals surface area contributed by atoms with Gasteiger partial charge in [-0.1, -0.05) is 30.2 Å². The molecular formula is C16H21ClN2O. The van der Waals surface area contributed by atoms with Gasteiger partial charge in [-0.25, -0.2) is 0 Å². The molecule has 1 amide bonds. The van der Waals surface area contributed by atoms with Crippen LogP contribution >= 0.6 is 11.6 Å².